The number of nitrogens with one attached hydrogen (secondary N) is 4. The lowest BCUT2D eigenvalue weighted by Gasteiger charge is -2.16. The topological polar surface area (TPSA) is 48.1 Å². The van der Waals surface area contributed by atoms with Crippen LogP contribution in [0.1, 0.15) is 13.8 Å². The second-order valence-electron chi connectivity index (χ2n) is 8.32. The summed E-state index contributed by atoms with van der Waals surface area (Å²) in [5.74, 6) is 0. The monoisotopic (exact) mass is 452 g/mol. The van der Waals surface area contributed by atoms with Crippen LogP contribution < -0.4 is 21.3 Å². The highest BCUT2D eigenvalue weighted by molar-refractivity contribution is 5.47. The van der Waals surface area contributed by atoms with Crippen LogP contribution in [-0.4, -0.2) is 25.2 Å². The molecule has 0 spiro atoms. The van der Waals surface area contributed by atoms with E-state index < -0.39 is 0 Å². The van der Waals surface area contributed by atoms with Gasteiger partial charge in [-0.05, 0) is 62.4 Å². The van der Waals surface area contributed by atoms with Crippen LogP contribution >= 0.6 is 0 Å². The van der Waals surface area contributed by atoms with Crippen LogP contribution in [0.4, 0.5) is 22.7 Å². The molecule has 0 aromatic heterocycles. The molecule has 0 fully saturated rings. The molecule has 0 aliphatic carbocycles. The minimum Gasteiger partial charge on any atom is -0.383 e. The maximum atomic E-state index is 3.45. The van der Waals surface area contributed by atoms with Crippen LogP contribution in [0.3, 0.4) is 0 Å². The van der Waals surface area contributed by atoms with E-state index in [1.165, 1.54) is 0 Å². The third-order valence-electron chi connectivity index (χ3n) is 5.15. The minimum absolute atomic E-state index is 0.387. The molecule has 4 rings (SSSR count). The summed E-state index contributed by atoms with van der Waals surface area (Å²) in [6.07, 6.45) is 0. The first-order valence-electron chi connectivity index (χ1n) is 11.9. The number of para-hydroxylation sites is 4. The van der Waals surface area contributed by atoms with Gasteiger partial charge in [0.05, 0.1) is 0 Å². The molecule has 0 heterocycles. The van der Waals surface area contributed by atoms with E-state index in [1.807, 2.05) is 72.8 Å². The van der Waals surface area contributed by atoms with Crippen LogP contribution in [0.5, 0.6) is 0 Å². The van der Waals surface area contributed by atoms with E-state index in [4.69, 9.17) is 0 Å². The Hall–Kier alpha value is -3.92. The van der Waals surface area contributed by atoms with Crippen LogP contribution in [0.25, 0.3) is 0 Å². The van der Waals surface area contributed by atoms with Crippen LogP contribution in [0.2, 0.25) is 0 Å². The molecule has 0 amide bonds. The Kier molecular flexibility index (Phi) is 10.4. The maximum absolute atomic E-state index is 3.45. The summed E-state index contributed by atoms with van der Waals surface area (Å²) in [6.45, 7) is 6.14. The Balaban J connectivity index is 0.000000191. The fourth-order valence-electron chi connectivity index (χ4n) is 3.39. The molecule has 0 saturated heterocycles. The summed E-state index contributed by atoms with van der Waals surface area (Å²) >= 11 is 0. The summed E-state index contributed by atoms with van der Waals surface area (Å²) in [5, 5.41) is 13.7. The summed E-state index contributed by atoms with van der Waals surface area (Å²) in [5.41, 5.74) is 4.65. The SMILES string of the molecule is CC(CNc1ccccc1)Nc1ccccc1.CC(CNc1ccccc1)Nc1ccccc1. The van der Waals surface area contributed by atoms with Gasteiger partial charge in [0.15, 0.2) is 0 Å². The first-order chi connectivity index (χ1) is 16.7. The van der Waals surface area contributed by atoms with Crippen molar-refractivity contribution in [3.63, 3.8) is 0 Å². The zero-order valence-electron chi connectivity index (χ0n) is 20.1. The van der Waals surface area contributed by atoms with Crippen molar-refractivity contribution in [2.45, 2.75) is 25.9 Å². The molecular formula is C30H36N4. The highest BCUT2D eigenvalue weighted by Crippen LogP contribution is 2.10. The van der Waals surface area contributed by atoms with E-state index >= 15 is 0 Å². The van der Waals surface area contributed by atoms with Gasteiger partial charge in [-0.25, -0.2) is 0 Å². The molecule has 4 aromatic carbocycles. The maximum Gasteiger partial charge on any atom is 0.0405 e. The Morgan fingerprint density at radius 2 is 0.676 bits per heavy atom. The number of anilines is 4. The highest BCUT2D eigenvalue weighted by atomic mass is 15.0. The van der Waals surface area contributed by atoms with Gasteiger partial charge >= 0.3 is 0 Å². The summed E-state index contributed by atoms with van der Waals surface area (Å²) in [7, 11) is 0. The fraction of sp³-hybridized carbons (Fsp3) is 0.200. The van der Waals surface area contributed by atoms with E-state index in [0.717, 1.165) is 35.8 Å². The van der Waals surface area contributed by atoms with Crippen molar-refractivity contribution in [2.75, 3.05) is 34.4 Å². The molecule has 4 heteroatoms. The number of hydrogen-bond donors (Lipinski definition) is 4. The molecule has 34 heavy (non-hydrogen) atoms. The fourth-order valence-corrected chi connectivity index (χ4v) is 3.39. The van der Waals surface area contributed by atoms with Crippen molar-refractivity contribution in [2.24, 2.45) is 0 Å². The molecule has 0 radical (unpaired) electrons. The lowest BCUT2D eigenvalue weighted by atomic mass is 10.2. The Morgan fingerprint density at radius 3 is 0.971 bits per heavy atom. The third-order valence-corrected chi connectivity index (χ3v) is 5.15. The molecule has 0 saturated carbocycles. The molecule has 176 valence electrons. The number of benzene rings is 4. The van der Waals surface area contributed by atoms with Crippen LogP contribution in [0.15, 0.2) is 121 Å². The quantitative estimate of drug-likeness (QED) is 0.205. The molecule has 2 atom stereocenters. The van der Waals surface area contributed by atoms with Crippen molar-refractivity contribution in [1.29, 1.82) is 0 Å². The number of hydrogen-bond acceptors (Lipinski definition) is 4. The first kappa shape index (κ1) is 24.7. The summed E-state index contributed by atoms with van der Waals surface area (Å²) < 4.78 is 0. The van der Waals surface area contributed by atoms with E-state index in [0.29, 0.717) is 12.1 Å². The Bertz CT molecular complexity index is 937. The van der Waals surface area contributed by atoms with E-state index in [1.54, 1.807) is 0 Å². The van der Waals surface area contributed by atoms with Crippen molar-refractivity contribution < 1.29 is 0 Å². The lowest BCUT2D eigenvalue weighted by Crippen LogP contribution is -2.24. The summed E-state index contributed by atoms with van der Waals surface area (Å²) in [4.78, 5) is 0. The van der Waals surface area contributed by atoms with Gasteiger partial charge in [0.2, 0.25) is 0 Å². The standard InChI is InChI=1S/2C15H18N2/c2*1-13(17-15-10-6-3-7-11-15)12-16-14-8-4-2-5-9-14/h2*2-11,13,16-17H,12H2,1H3. The average Bonchev–Trinajstić information content (AvgIpc) is 2.89. The lowest BCUT2D eigenvalue weighted by molar-refractivity contribution is 0.836. The van der Waals surface area contributed by atoms with Crippen molar-refractivity contribution >= 4 is 22.7 Å². The molecule has 4 nitrogen and oxygen atoms in total. The van der Waals surface area contributed by atoms with Crippen molar-refractivity contribution in [1.82, 2.24) is 0 Å². The second-order valence-corrected chi connectivity index (χ2v) is 8.32. The van der Waals surface area contributed by atoms with Gasteiger partial charge in [0.1, 0.15) is 0 Å². The Morgan fingerprint density at radius 1 is 0.412 bits per heavy atom. The minimum atomic E-state index is 0.387. The predicted octanol–water partition coefficient (Wildman–Crippen LogP) is 7.20. The molecule has 0 aliphatic heterocycles. The van der Waals surface area contributed by atoms with Gasteiger partial charge in [-0.2, -0.15) is 0 Å². The molecule has 2 unspecified atom stereocenters. The highest BCUT2D eigenvalue weighted by Gasteiger charge is 2.02. The smallest absolute Gasteiger partial charge is 0.0405 e. The number of rotatable bonds is 10. The van der Waals surface area contributed by atoms with Gasteiger partial charge < -0.3 is 21.3 Å². The van der Waals surface area contributed by atoms with Gasteiger partial charge in [-0.1, -0.05) is 72.8 Å². The Labute approximate surface area is 204 Å². The van der Waals surface area contributed by atoms with Gasteiger partial charge in [-0.3, -0.25) is 0 Å². The van der Waals surface area contributed by atoms with Crippen LogP contribution in [-0.2, 0) is 0 Å². The van der Waals surface area contributed by atoms with E-state index in [-0.39, 0.29) is 0 Å². The van der Waals surface area contributed by atoms with Crippen molar-refractivity contribution in [3.8, 4) is 0 Å². The van der Waals surface area contributed by atoms with Crippen molar-refractivity contribution in [3.05, 3.63) is 121 Å². The predicted molar refractivity (Wildman–Crippen MR) is 149 cm³/mol. The zero-order chi connectivity index (χ0) is 23.8. The second kappa shape index (κ2) is 14.3. The van der Waals surface area contributed by atoms with E-state index in [9.17, 15) is 0 Å². The molecule has 4 aromatic rings. The largest absolute Gasteiger partial charge is 0.383 e. The zero-order valence-corrected chi connectivity index (χ0v) is 20.1. The van der Waals surface area contributed by atoms with E-state index in [2.05, 4.69) is 83.6 Å². The van der Waals surface area contributed by atoms with Crippen LogP contribution in [0, 0.1) is 0 Å². The average molecular weight is 453 g/mol. The third kappa shape index (κ3) is 9.70. The first-order valence-corrected chi connectivity index (χ1v) is 11.9. The van der Waals surface area contributed by atoms with Gasteiger partial charge in [0.25, 0.3) is 0 Å². The molecule has 0 bridgehead atoms. The normalized spacial score (nSPS) is 11.8. The molecule has 0 aliphatic rings. The summed E-state index contributed by atoms with van der Waals surface area (Å²) in [6, 6.07) is 41.8. The molecular weight excluding hydrogens is 416 g/mol. The van der Waals surface area contributed by atoms with Gasteiger partial charge in [0, 0.05) is 47.9 Å². The molecule has 4 N–H and O–H groups in total. The van der Waals surface area contributed by atoms with Gasteiger partial charge in [-0.15, -0.1) is 0 Å².